The molecule has 4 heteroatoms. The number of hydrogen-bond acceptors (Lipinski definition) is 3. The normalized spacial score (nSPS) is 20.9. The van der Waals surface area contributed by atoms with Gasteiger partial charge in [0, 0.05) is 0 Å². The van der Waals surface area contributed by atoms with Crippen LogP contribution in [-0.4, -0.2) is 17.0 Å². The quantitative estimate of drug-likeness (QED) is 0.450. The van der Waals surface area contributed by atoms with E-state index < -0.39 is 5.97 Å². The summed E-state index contributed by atoms with van der Waals surface area (Å²) in [5.74, 6) is 0.00597. The maximum atomic E-state index is 12.2. The number of benzene rings is 1. The van der Waals surface area contributed by atoms with E-state index in [1.807, 2.05) is 0 Å². The number of hydrogen-bond donors (Lipinski definition) is 1. The Bertz CT molecular complexity index is 513. The first kappa shape index (κ1) is 17.5. The summed E-state index contributed by atoms with van der Waals surface area (Å²) in [5.41, 5.74) is 0.192. The molecule has 0 radical (unpaired) electrons. The molecule has 0 aliphatic heterocycles. The summed E-state index contributed by atoms with van der Waals surface area (Å²) < 4.78 is 5.39. The zero-order chi connectivity index (χ0) is 16.7. The summed E-state index contributed by atoms with van der Waals surface area (Å²) in [4.78, 5) is 23.0. The second-order valence-corrected chi connectivity index (χ2v) is 6.46. The number of unbranched alkanes of at least 4 members (excludes halogenated alkanes) is 2. The fourth-order valence-electron chi connectivity index (χ4n) is 3.23. The highest BCUT2D eigenvalue weighted by Gasteiger charge is 2.27. The third kappa shape index (κ3) is 5.38. The second-order valence-electron chi connectivity index (χ2n) is 6.46. The molecule has 0 unspecified atom stereocenters. The van der Waals surface area contributed by atoms with Gasteiger partial charge in [-0.1, -0.05) is 32.6 Å². The topological polar surface area (TPSA) is 63.6 Å². The van der Waals surface area contributed by atoms with Gasteiger partial charge in [0.1, 0.15) is 5.75 Å². The molecule has 0 amide bonds. The first-order chi connectivity index (χ1) is 11.1. The standard InChI is InChI=1S/C19H26O4/c1-2-3-4-5-14-6-8-16(9-7-14)19(22)23-17-12-10-15(11-13-17)18(20)21/h10-14,16H,2-9H2,1H3,(H,20,21)/t14-,16-. The first-order valence-electron chi connectivity index (χ1n) is 8.65. The van der Waals surface area contributed by atoms with Gasteiger partial charge in [-0.3, -0.25) is 4.79 Å². The van der Waals surface area contributed by atoms with Crippen molar-refractivity contribution in [3.05, 3.63) is 29.8 Å². The largest absolute Gasteiger partial charge is 0.478 e. The van der Waals surface area contributed by atoms with Crippen LogP contribution in [0.1, 0.15) is 68.6 Å². The van der Waals surface area contributed by atoms with Crippen LogP contribution in [0.2, 0.25) is 0 Å². The smallest absolute Gasteiger partial charge is 0.335 e. The minimum atomic E-state index is -0.982. The average Bonchev–Trinajstić information content (AvgIpc) is 2.56. The van der Waals surface area contributed by atoms with Gasteiger partial charge in [-0.2, -0.15) is 0 Å². The van der Waals surface area contributed by atoms with E-state index in [4.69, 9.17) is 9.84 Å². The van der Waals surface area contributed by atoms with Crippen LogP contribution in [-0.2, 0) is 4.79 Å². The van der Waals surface area contributed by atoms with Crippen molar-refractivity contribution in [2.75, 3.05) is 0 Å². The molecule has 126 valence electrons. The first-order valence-corrected chi connectivity index (χ1v) is 8.65. The monoisotopic (exact) mass is 318 g/mol. The SMILES string of the molecule is CCCCC[C@H]1CC[C@H](C(=O)Oc2ccc(C(=O)O)cc2)CC1. The van der Waals surface area contributed by atoms with Crippen molar-refractivity contribution in [3.63, 3.8) is 0 Å². The Morgan fingerprint density at radius 1 is 1.09 bits per heavy atom. The maximum absolute atomic E-state index is 12.2. The Balaban J connectivity index is 1.77. The fraction of sp³-hybridized carbons (Fsp3) is 0.579. The summed E-state index contributed by atoms with van der Waals surface area (Å²) in [6.07, 6.45) is 9.17. The molecule has 2 rings (SSSR count). The lowest BCUT2D eigenvalue weighted by Gasteiger charge is -2.27. The highest BCUT2D eigenvalue weighted by atomic mass is 16.5. The second kappa shape index (κ2) is 8.70. The summed E-state index contributed by atoms with van der Waals surface area (Å²) in [6.45, 7) is 2.22. The molecule has 1 fully saturated rings. The summed E-state index contributed by atoms with van der Waals surface area (Å²) in [6, 6.07) is 5.99. The predicted molar refractivity (Wildman–Crippen MR) is 88.6 cm³/mol. The van der Waals surface area contributed by atoms with Gasteiger partial charge < -0.3 is 9.84 Å². The third-order valence-electron chi connectivity index (χ3n) is 4.72. The van der Waals surface area contributed by atoms with Crippen molar-refractivity contribution < 1.29 is 19.4 Å². The van der Waals surface area contributed by atoms with E-state index >= 15 is 0 Å². The Labute approximate surface area is 137 Å². The molecule has 0 saturated heterocycles. The minimum absolute atomic E-state index is 0.0171. The highest BCUT2D eigenvalue weighted by molar-refractivity contribution is 5.87. The predicted octanol–water partition coefficient (Wildman–Crippen LogP) is 4.68. The molecule has 1 aliphatic carbocycles. The number of rotatable bonds is 7. The molecule has 0 heterocycles. The fourth-order valence-corrected chi connectivity index (χ4v) is 3.23. The molecular weight excluding hydrogens is 292 g/mol. The van der Waals surface area contributed by atoms with Gasteiger partial charge in [0.25, 0.3) is 0 Å². The van der Waals surface area contributed by atoms with Gasteiger partial charge in [-0.15, -0.1) is 0 Å². The van der Waals surface area contributed by atoms with Crippen LogP contribution < -0.4 is 4.74 Å². The molecule has 1 N–H and O–H groups in total. The lowest BCUT2D eigenvalue weighted by molar-refractivity contribution is -0.140. The summed E-state index contributed by atoms with van der Waals surface area (Å²) in [5, 5.41) is 8.86. The van der Waals surface area contributed by atoms with Crippen molar-refractivity contribution in [2.24, 2.45) is 11.8 Å². The molecule has 4 nitrogen and oxygen atoms in total. The molecule has 1 aromatic carbocycles. The lowest BCUT2D eigenvalue weighted by Crippen LogP contribution is -2.25. The van der Waals surface area contributed by atoms with E-state index in [1.165, 1.54) is 49.9 Å². The van der Waals surface area contributed by atoms with E-state index in [0.717, 1.165) is 31.6 Å². The lowest BCUT2D eigenvalue weighted by atomic mass is 9.80. The van der Waals surface area contributed by atoms with Gasteiger partial charge in [0.05, 0.1) is 11.5 Å². The molecule has 1 aromatic rings. The molecule has 1 aliphatic rings. The zero-order valence-corrected chi connectivity index (χ0v) is 13.8. The van der Waals surface area contributed by atoms with Crippen molar-refractivity contribution in [3.8, 4) is 5.75 Å². The Hall–Kier alpha value is -1.84. The third-order valence-corrected chi connectivity index (χ3v) is 4.72. The van der Waals surface area contributed by atoms with Crippen molar-refractivity contribution in [1.82, 2.24) is 0 Å². The van der Waals surface area contributed by atoms with Crippen LogP contribution in [0.5, 0.6) is 5.75 Å². The van der Waals surface area contributed by atoms with E-state index in [-0.39, 0.29) is 17.5 Å². The van der Waals surface area contributed by atoms with Gasteiger partial charge in [0.15, 0.2) is 0 Å². The van der Waals surface area contributed by atoms with E-state index in [1.54, 1.807) is 0 Å². The number of carboxylic acid groups (broad SMARTS) is 1. The number of carboxylic acids is 1. The molecular formula is C19H26O4. The Morgan fingerprint density at radius 2 is 1.74 bits per heavy atom. The van der Waals surface area contributed by atoms with Crippen LogP contribution >= 0.6 is 0 Å². The van der Waals surface area contributed by atoms with E-state index in [0.29, 0.717) is 5.75 Å². The highest BCUT2D eigenvalue weighted by Crippen LogP contribution is 2.33. The van der Waals surface area contributed by atoms with Crippen LogP contribution in [0, 0.1) is 11.8 Å². The number of carbonyl (C=O) groups is 2. The Morgan fingerprint density at radius 3 is 2.30 bits per heavy atom. The van der Waals surface area contributed by atoms with Gasteiger partial charge in [-0.05, 0) is 55.9 Å². The zero-order valence-electron chi connectivity index (χ0n) is 13.8. The maximum Gasteiger partial charge on any atom is 0.335 e. The average molecular weight is 318 g/mol. The van der Waals surface area contributed by atoms with Gasteiger partial charge >= 0.3 is 11.9 Å². The molecule has 1 saturated carbocycles. The van der Waals surface area contributed by atoms with E-state index in [9.17, 15) is 9.59 Å². The van der Waals surface area contributed by atoms with E-state index in [2.05, 4.69) is 6.92 Å². The summed E-state index contributed by atoms with van der Waals surface area (Å²) in [7, 11) is 0. The molecule has 0 aromatic heterocycles. The van der Waals surface area contributed by atoms with Crippen LogP contribution in [0.3, 0.4) is 0 Å². The van der Waals surface area contributed by atoms with Crippen molar-refractivity contribution in [1.29, 1.82) is 0 Å². The number of ether oxygens (including phenoxy) is 1. The molecule has 0 spiro atoms. The van der Waals surface area contributed by atoms with Crippen LogP contribution in [0.4, 0.5) is 0 Å². The van der Waals surface area contributed by atoms with Crippen molar-refractivity contribution >= 4 is 11.9 Å². The van der Waals surface area contributed by atoms with Gasteiger partial charge in [0.2, 0.25) is 0 Å². The summed E-state index contributed by atoms with van der Waals surface area (Å²) >= 11 is 0. The number of carbonyl (C=O) groups excluding carboxylic acids is 1. The minimum Gasteiger partial charge on any atom is -0.478 e. The van der Waals surface area contributed by atoms with Gasteiger partial charge in [-0.25, -0.2) is 4.79 Å². The number of esters is 1. The van der Waals surface area contributed by atoms with Crippen molar-refractivity contribution in [2.45, 2.75) is 58.3 Å². The molecule has 0 atom stereocenters. The Kier molecular flexibility index (Phi) is 6.63. The van der Waals surface area contributed by atoms with Crippen LogP contribution in [0.25, 0.3) is 0 Å². The molecule has 0 bridgehead atoms. The number of aromatic carboxylic acids is 1. The molecule has 23 heavy (non-hydrogen) atoms. The van der Waals surface area contributed by atoms with Crippen LogP contribution in [0.15, 0.2) is 24.3 Å².